The zero-order valence-corrected chi connectivity index (χ0v) is 9.51. The third-order valence-corrected chi connectivity index (χ3v) is 2.43. The lowest BCUT2D eigenvalue weighted by atomic mass is 10.1. The predicted molar refractivity (Wildman–Crippen MR) is 58.5 cm³/mol. The van der Waals surface area contributed by atoms with Crippen molar-refractivity contribution in [2.75, 3.05) is 19.3 Å². The molecule has 0 aliphatic carbocycles. The molecule has 1 amide bonds. The number of amides is 1. The van der Waals surface area contributed by atoms with Crippen LogP contribution in [0.15, 0.2) is 18.2 Å². The second kappa shape index (κ2) is 4.65. The van der Waals surface area contributed by atoms with Gasteiger partial charge in [-0.1, -0.05) is 0 Å². The number of nitrogens with two attached hydrogens (primary N) is 1. The Labute approximate surface area is 97.0 Å². The predicted octanol–water partition coefficient (Wildman–Crippen LogP) is 2.38. The number of anilines is 1. The summed E-state index contributed by atoms with van der Waals surface area (Å²) >= 11 is 0. The average Bonchev–Trinajstić information content (AvgIpc) is 2.26. The summed E-state index contributed by atoms with van der Waals surface area (Å²) in [4.78, 5) is 13.0. The van der Waals surface area contributed by atoms with E-state index >= 15 is 0 Å². The second-order valence-electron chi connectivity index (χ2n) is 3.62. The molecule has 0 saturated heterocycles. The Hall–Kier alpha value is -1.72. The molecule has 1 rings (SSSR count). The molecule has 17 heavy (non-hydrogen) atoms. The van der Waals surface area contributed by atoms with Gasteiger partial charge in [0.15, 0.2) is 0 Å². The fraction of sp³-hybridized carbons (Fsp3) is 0.364. The van der Waals surface area contributed by atoms with Gasteiger partial charge in [-0.25, -0.2) is 0 Å². The van der Waals surface area contributed by atoms with Crippen LogP contribution in [0, 0.1) is 0 Å². The molecule has 0 bridgehead atoms. The van der Waals surface area contributed by atoms with Crippen LogP contribution in [0.25, 0.3) is 0 Å². The number of nitrogen functional groups attached to an aromatic ring is 1. The quantitative estimate of drug-likeness (QED) is 0.814. The normalized spacial score (nSPS) is 11.4. The molecule has 0 aromatic heterocycles. The zero-order chi connectivity index (χ0) is 13.2. The molecule has 1 aromatic carbocycles. The molecule has 1 aromatic rings. The van der Waals surface area contributed by atoms with Crippen molar-refractivity contribution < 1.29 is 18.0 Å². The highest BCUT2D eigenvalue weighted by atomic mass is 19.4. The Morgan fingerprint density at radius 1 is 1.41 bits per heavy atom. The summed E-state index contributed by atoms with van der Waals surface area (Å²) in [7, 11) is 1.52. The number of halogens is 3. The van der Waals surface area contributed by atoms with Crippen molar-refractivity contribution in [3.8, 4) is 0 Å². The largest absolute Gasteiger partial charge is 0.418 e. The van der Waals surface area contributed by atoms with Crippen molar-refractivity contribution >= 4 is 11.6 Å². The summed E-state index contributed by atoms with van der Waals surface area (Å²) in [6.07, 6.45) is -4.55. The van der Waals surface area contributed by atoms with E-state index in [2.05, 4.69) is 0 Å². The average molecular weight is 246 g/mol. The fourth-order valence-corrected chi connectivity index (χ4v) is 1.30. The standard InChI is InChI=1S/C11H13F3N2O/c1-3-16(2)10(17)7-4-5-9(15)8(6-7)11(12,13)14/h4-6H,3,15H2,1-2H3. The summed E-state index contributed by atoms with van der Waals surface area (Å²) in [6, 6.07) is 3.17. The van der Waals surface area contributed by atoms with Crippen LogP contribution in [0.5, 0.6) is 0 Å². The topological polar surface area (TPSA) is 46.3 Å². The van der Waals surface area contributed by atoms with Crippen LogP contribution in [0.2, 0.25) is 0 Å². The number of carbonyl (C=O) groups excluding carboxylic acids is 1. The highest BCUT2D eigenvalue weighted by molar-refractivity contribution is 5.94. The van der Waals surface area contributed by atoms with Crippen molar-refractivity contribution in [1.29, 1.82) is 0 Å². The smallest absolute Gasteiger partial charge is 0.398 e. The first-order valence-electron chi connectivity index (χ1n) is 4.99. The van der Waals surface area contributed by atoms with Crippen molar-refractivity contribution in [2.45, 2.75) is 13.1 Å². The molecule has 2 N–H and O–H groups in total. The minimum Gasteiger partial charge on any atom is -0.398 e. The van der Waals surface area contributed by atoms with Crippen molar-refractivity contribution in [2.24, 2.45) is 0 Å². The molecular formula is C11H13F3N2O. The molecule has 0 saturated carbocycles. The van der Waals surface area contributed by atoms with E-state index in [0.29, 0.717) is 6.54 Å². The van der Waals surface area contributed by atoms with Gasteiger partial charge < -0.3 is 10.6 Å². The maximum Gasteiger partial charge on any atom is 0.418 e. The fourth-order valence-electron chi connectivity index (χ4n) is 1.30. The molecule has 0 spiro atoms. The first kappa shape index (κ1) is 13.3. The zero-order valence-electron chi connectivity index (χ0n) is 9.51. The van der Waals surface area contributed by atoms with E-state index in [-0.39, 0.29) is 11.3 Å². The highest BCUT2D eigenvalue weighted by Crippen LogP contribution is 2.34. The van der Waals surface area contributed by atoms with Gasteiger partial charge in [0, 0.05) is 24.8 Å². The molecule has 94 valence electrons. The number of hydrogen-bond donors (Lipinski definition) is 1. The van der Waals surface area contributed by atoms with Crippen LogP contribution < -0.4 is 5.73 Å². The molecular weight excluding hydrogens is 233 g/mol. The molecule has 0 radical (unpaired) electrons. The number of hydrogen-bond acceptors (Lipinski definition) is 2. The lowest BCUT2D eigenvalue weighted by molar-refractivity contribution is -0.136. The molecule has 0 aliphatic heterocycles. The lowest BCUT2D eigenvalue weighted by Crippen LogP contribution is -2.26. The Balaban J connectivity index is 3.18. The summed E-state index contributed by atoms with van der Waals surface area (Å²) in [5, 5.41) is 0. The molecule has 6 heteroatoms. The van der Waals surface area contributed by atoms with Gasteiger partial charge in [-0.2, -0.15) is 13.2 Å². The van der Waals surface area contributed by atoms with Crippen molar-refractivity contribution in [3.63, 3.8) is 0 Å². The molecule has 0 unspecified atom stereocenters. The Morgan fingerprint density at radius 2 is 2.00 bits per heavy atom. The van der Waals surface area contributed by atoms with E-state index in [1.165, 1.54) is 18.0 Å². The van der Waals surface area contributed by atoms with E-state index in [4.69, 9.17) is 5.73 Å². The van der Waals surface area contributed by atoms with E-state index < -0.39 is 17.6 Å². The number of benzene rings is 1. The summed E-state index contributed by atoms with van der Waals surface area (Å²) in [5.74, 6) is -0.460. The number of carbonyl (C=O) groups is 1. The van der Waals surface area contributed by atoms with Crippen LogP contribution in [0.3, 0.4) is 0 Å². The minimum absolute atomic E-state index is 0.0177. The highest BCUT2D eigenvalue weighted by Gasteiger charge is 2.33. The maximum absolute atomic E-state index is 12.6. The van der Waals surface area contributed by atoms with Crippen molar-refractivity contribution in [1.82, 2.24) is 4.90 Å². The number of nitrogens with zero attached hydrogens (tertiary/aromatic N) is 1. The summed E-state index contributed by atoms with van der Waals surface area (Å²) in [6.45, 7) is 2.16. The monoisotopic (exact) mass is 246 g/mol. The minimum atomic E-state index is -4.55. The van der Waals surface area contributed by atoms with Crippen LogP contribution in [-0.4, -0.2) is 24.4 Å². The Bertz CT molecular complexity index is 429. The van der Waals surface area contributed by atoms with E-state index in [0.717, 1.165) is 12.1 Å². The van der Waals surface area contributed by atoms with Crippen molar-refractivity contribution in [3.05, 3.63) is 29.3 Å². The molecule has 0 heterocycles. The van der Waals surface area contributed by atoms with Gasteiger partial charge in [0.25, 0.3) is 5.91 Å². The second-order valence-corrected chi connectivity index (χ2v) is 3.62. The third kappa shape index (κ3) is 2.89. The van der Waals surface area contributed by atoms with Gasteiger partial charge in [0.2, 0.25) is 0 Å². The first-order chi connectivity index (χ1) is 7.77. The van der Waals surface area contributed by atoms with Crippen LogP contribution in [-0.2, 0) is 6.18 Å². The van der Waals surface area contributed by atoms with Gasteiger partial charge in [0.05, 0.1) is 5.56 Å². The van der Waals surface area contributed by atoms with Crippen LogP contribution in [0.4, 0.5) is 18.9 Å². The molecule has 0 atom stereocenters. The number of rotatable bonds is 2. The molecule has 0 fully saturated rings. The van der Waals surface area contributed by atoms with Gasteiger partial charge in [-0.05, 0) is 25.1 Å². The van der Waals surface area contributed by atoms with Gasteiger partial charge in [0.1, 0.15) is 0 Å². The Morgan fingerprint density at radius 3 is 2.47 bits per heavy atom. The van der Waals surface area contributed by atoms with Gasteiger partial charge in [-0.3, -0.25) is 4.79 Å². The SMILES string of the molecule is CCN(C)C(=O)c1ccc(N)c(C(F)(F)F)c1. The lowest BCUT2D eigenvalue weighted by Gasteiger charge is -2.16. The van der Waals surface area contributed by atoms with Gasteiger partial charge in [-0.15, -0.1) is 0 Å². The summed E-state index contributed by atoms with van der Waals surface area (Å²) < 4.78 is 37.7. The number of alkyl halides is 3. The Kier molecular flexibility index (Phi) is 3.65. The summed E-state index contributed by atoms with van der Waals surface area (Å²) in [5.41, 5.74) is 3.86. The maximum atomic E-state index is 12.6. The van der Waals surface area contributed by atoms with E-state index in [1.54, 1.807) is 6.92 Å². The molecule has 3 nitrogen and oxygen atoms in total. The van der Waals surface area contributed by atoms with Gasteiger partial charge >= 0.3 is 6.18 Å². The molecule has 0 aliphatic rings. The van der Waals surface area contributed by atoms with Crippen LogP contribution in [0.1, 0.15) is 22.8 Å². The van der Waals surface area contributed by atoms with Crippen LogP contribution >= 0.6 is 0 Å². The van der Waals surface area contributed by atoms with E-state index in [1.807, 2.05) is 0 Å². The first-order valence-corrected chi connectivity index (χ1v) is 4.99. The van der Waals surface area contributed by atoms with E-state index in [9.17, 15) is 18.0 Å². The third-order valence-electron chi connectivity index (χ3n) is 2.43.